The molecule has 1 rings (SSSR count). The molecule has 0 aromatic heterocycles. The van der Waals surface area contributed by atoms with Gasteiger partial charge in [-0.05, 0) is 17.7 Å². The quantitative estimate of drug-likeness (QED) is 0.683. The van der Waals surface area contributed by atoms with Crippen LogP contribution in [-0.2, 0) is 0 Å². The summed E-state index contributed by atoms with van der Waals surface area (Å²) in [4.78, 5) is 10.9. The Morgan fingerprint density at radius 1 is 1.46 bits per heavy atom. The maximum absolute atomic E-state index is 10.9. The number of amides is 1. The van der Waals surface area contributed by atoms with Crippen molar-refractivity contribution in [1.29, 1.82) is 5.26 Å². The lowest BCUT2D eigenvalue weighted by molar-refractivity contribution is 0.1000. The first kappa shape index (κ1) is 9.01. The lowest BCUT2D eigenvalue weighted by Gasteiger charge is -1.99. The van der Waals surface area contributed by atoms with Gasteiger partial charge in [-0.3, -0.25) is 4.79 Å². The second-order valence-corrected chi connectivity index (χ2v) is 2.41. The average Bonchev–Trinajstić information content (AvgIpc) is 2.15. The van der Waals surface area contributed by atoms with Crippen molar-refractivity contribution in [1.82, 2.24) is 0 Å². The van der Waals surface area contributed by atoms with Crippen LogP contribution in [0.3, 0.4) is 0 Å². The summed E-state index contributed by atoms with van der Waals surface area (Å²) in [6.45, 7) is 0. The van der Waals surface area contributed by atoms with Gasteiger partial charge >= 0.3 is 0 Å². The van der Waals surface area contributed by atoms with E-state index in [2.05, 4.69) is 0 Å². The second-order valence-electron chi connectivity index (χ2n) is 2.41. The standard InChI is InChI=1S/C10H8N2O/c11-7-3-5-8-4-1-2-6-9(8)10(12)13/h1-6H,(H2,12,13). The molecule has 0 heterocycles. The Balaban J connectivity index is 3.14. The minimum absolute atomic E-state index is 0.425. The molecule has 1 amide bonds. The number of hydrogen-bond donors (Lipinski definition) is 1. The molecule has 0 saturated carbocycles. The average molecular weight is 172 g/mol. The molecule has 2 N–H and O–H groups in total. The summed E-state index contributed by atoms with van der Waals surface area (Å²) in [5.41, 5.74) is 6.22. The zero-order chi connectivity index (χ0) is 9.68. The van der Waals surface area contributed by atoms with Gasteiger partial charge in [-0.2, -0.15) is 5.26 Å². The van der Waals surface area contributed by atoms with Gasteiger partial charge in [0.05, 0.1) is 6.07 Å². The fraction of sp³-hybridized carbons (Fsp3) is 0. The molecule has 0 radical (unpaired) electrons. The van der Waals surface area contributed by atoms with Crippen LogP contribution in [0.25, 0.3) is 6.08 Å². The van der Waals surface area contributed by atoms with E-state index in [-0.39, 0.29) is 0 Å². The van der Waals surface area contributed by atoms with Gasteiger partial charge in [-0.1, -0.05) is 18.2 Å². The van der Waals surface area contributed by atoms with Crippen molar-refractivity contribution in [3.05, 3.63) is 41.5 Å². The molecule has 13 heavy (non-hydrogen) atoms. The molecule has 64 valence electrons. The lowest BCUT2D eigenvalue weighted by atomic mass is 10.1. The topological polar surface area (TPSA) is 66.9 Å². The van der Waals surface area contributed by atoms with Crippen molar-refractivity contribution < 1.29 is 4.79 Å². The van der Waals surface area contributed by atoms with E-state index in [9.17, 15) is 4.79 Å². The largest absolute Gasteiger partial charge is 0.366 e. The predicted octanol–water partition coefficient (Wildman–Crippen LogP) is 1.32. The van der Waals surface area contributed by atoms with Crippen LogP contribution in [0.1, 0.15) is 15.9 Å². The number of rotatable bonds is 2. The SMILES string of the molecule is N#CC=Cc1ccccc1C(N)=O. The van der Waals surface area contributed by atoms with E-state index >= 15 is 0 Å². The minimum atomic E-state index is -0.488. The molecular formula is C10H8N2O. The maximum atomic E-state index is 10.9. The first-order valence-corrected chi connectivity index (χ1v) is 3.70. The monoisotopic (exact) mass is 172 g/mol. The van der Waals surface area contributed by atoms with E-state index in [1.165, 1.54) is 6.08 Å². The Hall–Kier alpha value is -2.08. The van der Waals surface area contributed by atoms with Crippen LogP contribution in [-0.4, -0.2) is 5.91 Å². The lowest BCUT2D eigenvalue weighted by Crippen LogP contribution is -2.12. The molecule has 0 aliphatic heterocycles. The molecule has 1 aromatic carbocycles. The third-order valence-corrected chi connectivity index (χ3v) is 1.56. The third kappa shape index (κ3) is 2.17. The smallest absolute Gasteiger partial charge is 0.249 e. The van der Waals surface area contributed by atoms with Gasteiger partial charge in [0.15, 0.2) is 0 Å². The first-order valence-electron chi connectivity index (χ1n) is 3.70. The summed E-state index contributed by atoms with van der Waals surface area (Å²) in [7, 11) is 0. The number of nitriles is 1. The number of nitrogens with two attached hydrogens (primary N) is 1. The van der Waals surface area contributed by atoms with Crippen molar-refractivity contribution in [2.75, 3.05) is 0 Å². The van der Waals surface area contributed by atoms with Crippen LogP contribution in [0.4, 0.5) is 0 Å². The van der Waals surface area contributed by atoms with Gasteiger partial charge in [0.2, 0.25) is 5.91 Å². The highest BCUT2D eigenvalue weighted by molar-refractivity contribution is 5.96. The molecule has 0 aliphatic rings. The van der Waals surface area contributed by atoms with E-state index in [0.29, 0.717) is 11.1 Å². The Kier molecular flexibility index (Phi) is 2.82. The van der Waals surface area contributed by atoms with Gasteiger partial charge in [0.1, 0.15) is 0 Å². The fourth-order valence-electron chi connectivity index (χ4n) is 0.994. The molecule has 1 aromatic rings. The highest BCUT2D eigenvalue weighted by Gasteiger charge is 2.02. The first-order chi connectivity index (χ1) is 6.25. The predicted molar refractivity (Wildman–Crippen MR) is 49.6 cm³/mol. The number of carbonyl (C=O) groups excluding carboxylic acids is 1. The molecule has 3 heteroatoms. The second kappa shape index (κ2) is 4.07. The summed E-state index contributed by atoms with van der Waals surface area (Å²) in [5.74, 6) is -0.488. The van der Waals surface area contributed by atoms with Gasteiger partial charge in [0, 0.05) is 11.6 Å². The maximum Gasteiger partial charge on any atom is 0.249 e. The molecule has 0 saturated heterocycles. The Labute approximate surface area is 76.1 Å². The molecular weight excluding hydrogens is 164 g/mol. The summed E-state index contributed by atoms with van der Waals surface area (Å²) >= 11 is 0. The molecule has 0 aliphatic carbocycles. The normalized spacial score (nSPS) is 9.77. The fourth-order valence-corrected chi connectivity index (χ4v) is 0.994. The molecule has 0 fully saturated rings. The Bertz CT molecular complexity index is 388. The number of primary amides is 1. The molecule has 0 spiro atoms. The van der Waals surface area contributed by atoms with Crippen LogP contribution in [0.2, 0.25) is 0 Å². The number of hydrogen-bond acceptors (Lipinski definition) is 2. The third-order valence-electron chi connectivity index (χ3n) is 1.56. The van der Waals surface area contributed by atoms with Crippen LogP contribution >= 0.6 is 0 Å². The van der Waals surface area contributed by atoms with E-state index in [0.717, 1.165) is 0 Å². The van der Waals surface area contributed by atoms with Crippen molar-refractivity contribution in [2.24, 2.45) is 5.73 Å². The van der Waals surface area contributed by atoms with E-state index in [4.69, 9.17) is 11.0 Å². The van der Waals surface area contributed by atoms with Crippen molar-refractivity contribution in [3.63, 3.8) is 0 Å². The summed E-state index contributed by atoms with van der Waals surface area (Å²) in [6.07, 6.45) is 2.86. The number of allylic oxidation sites excluding steroid dienone is 1. The van der Waals surface area contributed by atoms with Gasteiger partial charge in [-0.25, -0.2) is 0 Å². The van der Waals surface area contributed by atoms with Crippen molar-refractivity contribution in [3.8, 4) is 6.07 Å². The van der Waals surface area contributed by atoms with E-state index < -0.39 is 5.91 Å². The number of carbonyl (C=O) groups is 1. The van der Waals surface area contributed by atoms with Gasteiger partial charge in [0.25, 0.3) is 0 Å². The Morgan fingerprint density at radius 3 is 2.77 bits per heavy atom. The zero-order valence-corrected chi connectivity index (χ0v) is 6.90. The van der Waals surface area contributed by atoms with Crippen molar-refractivity contribution in [2.45, 2.75) is 0 Å². The summed E-state index contributed by atoms with van der Waals surface area (Å²) < 4.78 is 0. The highest BCUT2D eigenvalue weighted by Crippen LogP contribution is 2.09. The number of nitrogens with zero attached hydrogens (tertiary/aromatic N) is 1. The van der Waals surface area contributed by atoms with E-state index in [1.54, 1.807) is 30.3 Å². The van der Waals surface area contributed by atoms with Crippen LogP contribution in [0, 0.1) is 11.3 Å². The van der Waals surface area contributed by atoms with Gasteiger partial charge in [-0.15, -0.1) is 0 Å². The Morgan fingerprint density at radius 2 is 2.15 bits per heavy atom. The molecule has 3 nitrogen and oxygen atoms in total. The van der Waals surface area contributed by atoms with Crippen molar-refractivity contribution >= 4 is 12.0 Å². The van der Waals surface area contributed by atoms with Crippen LogP contribution in [0.15, 0.2) is 30.3 Å². The highest BCUT2D eigenvalue weighted by atomic mass is 16.1. The van der Waals surface area contributed by atoms with Gasteiger partial charge < -0.3 is 5.73 Å². The summed E-state index contributed by atoms with van der Waals surface area (Å²) in [6, 6.07) is 8.71. The number of benzene rings is 1. The van der Waals surface area contributed by atoms with Crippen LogP contribution in [0.5, 0.6) is 0 Å². The zero-order valence-electron chi connectivity index (χ0n) is 6.90. The minimum Gasteiger partial charge on any atom is -0.366 e. The molecule has 0 atom stereocenters. The molecule has 0 bridgehead atoms. The van der Waals surface area contributed by atoms with E-state index in [1.807, 2.05) is 6.07 Å². The van der Waals surface area contributed by atoms with Crippen LogP contribution < -0.4 is 5.73 Å². The summed E-state index contributed by atoms with van der Waals surface area (Å²) in [5, 5.41) is 8.30. The molecule has 0 unspecified atom stereocenters.